The van der Waals surface area contributed by atoms with Gasteiger partial charge in [-0.1, -0.05) is 29.4 Å². The van der Waals surface area contributed by atoms with Gasteiger partial charge >= 0.3 is 0 Å². The molecule has 0 fully saturated rings. The lowest BCUT2D eigenvalue weighted by molar-refractivity contribution is -0.116. The number of nitrogens with zero attached hydrogens (tertiary/aromatic N) is 4. The molecule has 2 aromatic heterocycles. The largest absolute Gasteiger partial charge is 0.497 e. The lowest BCUT2D eigenvalue weighted by Gasteiger charge is -2.11. The topological polar surface area (TPSA) is 95.1 Å². The Kier molecular flexibility index (Phi) is 6.51. The van der Waals surface area contributed by atoms with Crippen molar-refractivity contribution in [1.29, 1.82) is 0 Å². The second-order valence-electron chi connectivity index (χ2n) is 6.95. The fraction of sp³-hybridized carbons (Fsp3) is 0.273. The number of methoxy groups -OCH3 is 1. The molecule has 0 radical (unpaired) electrons. The van der Waals surface area contributed by atoms with E-state index in [0.717, 1.165) is 22.3 Å². The van der Waals surface area contributed by atoms with Gasteiger partial charge in [-0.05, 0) is 36.1 Å². The van der Waals surface area contributed by atoms with Crippen LogP contribution in [0.4, 0.5) is 5.95 Å². The quantitative estimate of drug-likeness (QED) is 0.424. The van der Waals surface area contributed by atoms with E-state index >= 15 is 0 Å². The molecule has 1 amide bonds. The van der Waals surface area contributed by atoms with Crippen molar-refractivity contribution < 1.29 is 14.1 Å². The first-order valence-electron chi connectivity index (χ1n) is 9.84. The normalized spacial score (nSPS) is 11.0. The highest BCUT2D eigenvalue weighted by atomic mass is 32.2. The number of aromatic nitrogens is 4. The van der Waals surface area contributed by atoms with Crippen LogP contribution in [0.2, 0.25) is 0 Å². The molecule has 0 aliphatic rings. The highest BCUT2D eigenvalue weighted by molar-refractivity contribution is 7.97. The molecule has 4 aromatic rings. The van der Waals surface area contributed by atoms with Gasteiger partial charge in [-0.2, -0.15) is 16.7 Å². The van der Waals surface area contributed by atoms with Crippen molar-refractivity contribution in [3.8, 4) is 5.75 Å². The zero-order valence-corrected chi connectivity index (χ0v) is 18.2. The summed E-state index contributed by atoms with van der Waals surface area (Å²) in [6.45, 7) is 0.551. The summed E-state index contributed by atoms with van der Waals surface area (Å²) in [4.78, 5) is 21.5. The van der Waals surface area contributed by atoms with Crippen molar-refractivity contribution in [3.63, 3.8) is 0 Å². The first-order chi connectivity index (χ1) is 15.2. The lowest BCUT2D eigenvalue weighted by Crippen LogP contribution is -2.17. The fourth-order valence-electron chi connectivity index (χ4n) is 3.27. The van der Waals surface area contributed by atoms with Crippen LogP contribution >= 0.6 is 11.8 Å². The molecule has 8 nitrogen and oxygen atoms in total. The fourth-order valence-corrected chi connectivity index (χ4v) is 3.65. The maximum Gasteiger partial charge on any atom is 0.227 e. The average molecular weight is 438 g/mol. The number of rotatable bonds is 9. The van der Waals surface area contributed by atoms with Crippen molar-refractivity contribution in [3.05, 3.63) is 65.8 Å². The van der Waals surface area contributed by atoms with Gasteiger partial charge in [-0.15, -0.1) is 0 Å². The van der Waals surface area contributed by atoms with E-state index in [4.69, 9.17) is 9.26 Å². The van der Waals surface area contributed by atoms with E-state index in [-0.39, 0.29) is 12.3 Å². The second kappa shape index (κ2) is 9.65. The predicted molar refractivity (Wildman–Crippen MR) is 120 cm³/mol. The molecule has 0 saturated carbocycles. The number of nitrogens with one attached hydrogen (secondary N) is 1. The van der Waals surface area contributed by atoms with Crippen molar-refractivity contribution in [2.24, 2.45) is 0 Å². The number of aryl methyl sites for hydroxylation is 1. The number of imidazole rings is 1. The minimum absolute atomic E-state index is 0.160. The minimum atomic E-state index is -0.160. The van der Waals surface area contributed by atoms with E-state index in [9.17, 15) is 4.79 Å². The number of carbonyl (C=O) groups excluding carboxylic acids is 1. The summed E-state index contributed by atoms with van der Waals surface area (Å²) >= 11 is 1.62. The van der Waals surface area contributed by atoms with Gasteiger partial charge in [0.25, 0.3) is 0 Å². The first-order valence-corrected chi connectivity index (χ1v) is 11.2. The number of para-hydroxylation sites is 2. The number of anilines is 1. The Balaban J connectivity index is 1.51. The number of ether oxygens (including phenoxy) is 1. The smallest absolute Gasteiger partial charge is 0.227 e. The Bertz CT molecular complexity index is 1190. The summed E-state index contributed by atoms with van der Waals surface area (Å²) in [5.41, 5.74) is 2.81. The van der Waals surface area contributed by atoms with Gasteiger partial charge in [-0.25, -0.2) is 4.98 Å². The van der Waals surface area contributed by atoms with Crippen molar-refractivity contribution >= 4 is 34.7 Å². The molecule has 0 aliphatic heterocycles. The monoisotopic (exact) mass is 437 g/mol. The Morgan fingerprint density at radius 1 is 1.19 bits per heavy atom. The molecular weight excluding hydrogens is 414 g/mol. The third-order valence-electron chi connectivity index (χ3n) is 4.73. The summed E-state index contributed by atoms with van der Waals surface area (Å²) in [6.07, 6.45) is 2.58. The van der Waals surface area contributed by atoms with Crippen LogP contribution in [-0.4, -0.2) is 39.0 Å². The molecular formula is C22H23N5O3S. The van der Waals surface area contributed by atoms with E-state index in [2.05, 4.69) is 20.4 Å². The standard InChI is InChI=1S/C22H23N5O3S/c1-29-16-7-5-6-15(12-16)13-27-18-9-4-3-8-17(18)23-22(27)25-20(28)10-11-21-24-19(14-31-2)26-30-21/h3-9,12H,10-11,13-14H2,1-2H3,(H,23,25,28). The molecule has 2 aromatic carbocycles. The van der Waals surface area contributed by atoms with Gasteiger partial charge in [0.15, 0.2) is 5.82 Å². The molecule has 0 spiro atoms. The third-order valence-corrected chi connectivity index (χ3v) is 5.28. The number of hydrogen-bond acceptors (Lipinski definition) is 7. The van der Waals surface area contributed by atoms with Crippen LogP contribution in [0.15, 0.2) is 53.1 Å². The van der Waals surface area contributed by atoms with E-state index in [1.165, 1.54) is 0 Å². The van der Waals surface area contributed by atoms with Crippen LogP contribution in [0.1, 0.15) is 23.7 Å². The van der Waals surface area contributed by atoms with E-state index in [0.29, 0.717) is 36.4 Å². The molecule has 0 atom stereocenters. The highest BCUT2D eigenvalue weighted by Crippen LogP contribution is 2.23. The number of thioether (sulfide) groups is 1. The summed E-state index contributed by atoms with van der Waals surface area (Å²) < 4.78 is 12.5. The van der Waals surface area contributed by atoms with Crippen LogP contribution in [0.5, 0.6) is 5.75 Å². The van der Waals surface area contributed by atoms with Crippen LogP contribution in [0.3, 0.4) is 0 Å². The third kappa shape index (κ3) is 5.05. The van der Waals surface area contributed by atoms with Crippen molar-refractivity contribution in [2.45, 2.75) is 25.1 Å². The Labute approximate surface area is 184 Å². The Morgan fingerprint density at radius 3 is 2.90 bits per heavy atom. The minimum Gasteiger partial charge on any atom is -0.497 e. The van der Waals surface area contributed by atoms with Crippen LogP contribution in [0.25, 0.3) is 11.0 Å². The molecule has 4 rings (SSSR count). The SMILES string of the molecule is COc1cccc(Cn2c(NC(=O)CCc3nc(CSC)no3)nc3ccccc32)c1. The maximum atomic E-state index is 12.6. The van der Waals surface area contributed by atoms with Crippen LogP contribution in [0, 0.1) is 0 Å². The molecule has 160 valence electrons. The average Bonchev–Trinajstić information content (AvgIpc) is 3.37. The lowest BCUT2D eigenvalue weighted by atomic mass is 10.2. The van der Waals surface area contributed by atoms with E-state index in [1.54, 1.807) is 18.9 Å². The van der Waals surface area contributed by atoms with Crippen molar-refractivity contribution in [2.75, 3.05) is 18.7 Å². The zero-order valence-electron chi connectivity index (χ0n) is 17.4. The summed E-state index contributed by atoms with van der Waals surface area (Å²) in [5.74, 6) is 2.92. The molecule has 9 heteroatoms. The number of benzene rings is 2. The van der Waals surface area contributed by atoms with Crippen LogP contribution in [-0.2, 0) is 23.5 Å². The van der Waals surface area contributed by atoms with Gasteiger partial charge < -0.3 is 13.8 Å². The molecule has 0 aliphatic carbocycles. The zero-order chi connectivity index (χ0) is 21.6. The summed E-state index contributed by atoms with van der Waals surface area (Å²) in [7, 11) is 1.64. The number of amides is 1. The van der Waals surface area contributed by atoms with Crippen molar-refractivity contribution in [1.82, 2.24) is 19.7 Å². The maximum absolute atomic E-state index is 12.6. The number of fused-ring (bicyclic) bond motifs is 1. The van der Waals surface area contributed by atoms with Gasteiger partial charge in [0, 0.05) is 12.8 Å². The van der Waals surface area contributed by atoms with E-state index < -0.39 is 0 Å². The summed E-state index contributed by atoms with van der Waals surface area (Å²) in [5, 5.41) is 6.85. The number of carbonyl (C=O) groups is 1. The summed E-state index contributed by atoms with van der Waals surface area (Å²) in [6, 6.07) is 15.6. The molecule has 1 N–H and O–H groups in total. The second-order valence-corrected chi connectivity index (χ2v) is 7.81. The highest BCUT2D eigenvalue weighted by Gasteiger charge is 2.15. The molecule has 2 heterocycles. The van der Waals surface area contributed by atoms with E-state index in [1.807, 2.05) is 59.4 Å². The Morgan fingerprint density at radius 2 is 2.06 bits per heavy atom. The van der Waals surface area contributed by atoms with Gasteiger partial charge in [0.2, 0.25) is 17.7 Å². The van der Waals surface area contributed by atoms with Gasteiger partial charge in [0.05, 0.1) is 30.4 Å². The molecule has 31 heavy (non-hydrogen) atoms. The van der Waals surface area contributed by atoms with Crippen LogP contribution < -0.4 is 10.1 Å². The molecule has 0 saturated heterocycles. The van der Waals surface area contributed by atoms with Gasteiger partial charge in [0.1, 0.15) is 5.75 Å². The Hall–Kier alpha value is -3.33. The first kappa shape index (κ1) is 20.9. The molecule has 0 bridgehead atoms. The molecule has 0 unspecified atom stereocenters. The van der Waals surface area contributed by atoms with Gasteiger partial charge in [-0.3, -0.25) is 10.1 Å². The number of hydrogen-bond donors (Lipinski definition) is 1. The predicted octanol–water partition coefficient (Wildman–Crippen LogP) is 3.91.